The quantitative estimate of drug-likeness (QED) is 0.873. The lowest BCUT2D eigenvalue weighted by Crippen LogP contribution is -2.31. The minimum absolute atomic E-state index is 0.0176. The number of carbonyl (C=O) groups is 1. The van der Waals surface area contributed by atoms with Gasteiger partial charge in [0.05, 0.1) is 0 Å². The molecule has 5 nitrogen and oxygen atoms in total. The lowest BCUT2D eigenvalue weighted by atomic mass is 9.98. The van der Waals surface area contributed by atoms with Crippen LogP contribution in [-0.2, 0) is 0 Å². The van der Waals surface area contributed by atoms with Crippen molar-refractivity contribution in [2.45, 2.75) is 32.6 Å². The molecule has 1 fully saturated rings. The molecule has 1 amide bonds. The van der Waals surface area contributed by atoms with Gasteiger partial charge >= 0.3 is 0 Å². The van der Waals surface area contributed by atoms with Crippen molar-refractivity contribution in [1.29, 1.82) is 0 Å². The molecule has 1 aliphatic heterocycles. The van der Waals surface area contributed by atoms with Crippen LogP contribution in [0.25, 0.3) is 0 Å². The molecule has 6 heteroatoms. The fraction of sp³-hybridized carbons (Fsp3) is 0.727. The van der Waals surface area contributed by atoms with Gasteiger partial charge in [-0.05, 0) is 25.2 Å². The molecule has 2 heterocycles. The van der Waals surface area contributed by atoms with Gasteiger partial charge < -0.3 is 10.6 Å². The average Bonchev–Trinajstić information content (AvgIpc) is 2.64. The number of hydrogen-bond donors (Lipinski definition) is 1. The fourth-order valence-corrected chi connectivity index (χ4v) is 2.81. The first-order chi connectivity index (χ1) is 8.20. The highest BCUT2D eigenvalue weighted by Gasteiger charge is 2.23. The van der Waals surface area contributed by atoms with E-state index in [1.165, 1.54) is 24.2 Å². The van der Waals surface area contributed by atoms with E-state index in [1.807, 2.05) is 4.90 Å². The molecule has 0 saturated carbocycles. The number of anilines is 1. The van der Waals surface area contributed by atoms with Crippen LogP contribution in [0.1, 0.15) is 42.4 Å². The van der Waals surface area contributed by atoms with Gasteiger partial charge in [0.1, 0.15) is 0 Å². The van der Waals surface area contributed by atoms with Crippen LogP contribution in [0, 0.1) is 5.92 Å². The van der Waals surface area contributed by atoms with E-state index < -0.39 is 0 Å². The van der Waals surface area contributed by atoms with Gasteiger partial charge in [0.2, 0.25) is 10.1 Å². The second-order valence-electron chi connectivity index (χ2n) is 4.44. The molecule has 0 bridgehead atoms. The topological polar surface area (TPSA) is 72.1 Å². The normalized spacial score (nSPS) is 21.2. The highest BCUT2D eigenvalue weighted by molar-refractivity contribution is 7.16. The Morgan fingerprint density at radius 3 is 2.94 bits per heavy atom. The van der Waals surface area contributed by atoms with Crippen molar-refractivity contribution in [3.05, 3.63) is 5.01 Å². The Morgan fingerprint density at radius 1 is 1.47 bits per heavy atom. The van der Waals surface area contributed by atoms with Crippen LogP contribution in [0.2, 0.25) is 0 Å². The maximum absolute atomic E-state index is 12.1. The predicted octanol–water partition coefficient (Wildman–Crippen LogP) is 1.77. The lowest BCUT2D eigenvalue weighted by molar-refractivity contribution is 0.0758. The summed E-state index contributed by atoms with van der Waals surface area (Å²) in [6.45, 7) is 3.87. The summed E-state index contributed by atoms with van der Waals surface area (Å²) in [5.74, 6) is 0.739. The van der Waals surface area contributed by atoms with E-state index in [1.54, 1.807) is 0 Å². The monoisotopic (exact) mass is 254 g/mol. The zero-order valence-corrected chi connectivity index (χ0v) is 10.9. The van der Waals surface area contributed by atoms with Crippen LogP contribution in [0.5, 0.6) is 0 Å². The van der Waals surface area contributed by atoms with E-state index in [2.05, 4.69) is 17.1 Å². The summed E-state index contributed by atoms with van der Waals surface area (Å²) in [5.41, 5.74) is 5.49. The average molecular weight is 254 g/mol. The van der Waals surface area contributed by atoms with Gasteiger partial charge in [-0.25, -0.2) is 0 Å². The maximum atomic E-state index is 12.1. The standard InChI is InChI=1S/C11H18N4OS/c1-2-8-4-3-6-15(7-5-8)10(16)9-13-14-11(12)17-9/h8H,2-7H2,1H3,(H2,12,14). The van der Waals surface area contributed by atoms with Crippen LogP contribution in [-0.4, -0.2) is 34.1 Å². The summed E-state index contributed by atoms with van der Waals surface area (Å²) in [6, 6.07) is 0. The number of nitrogen functional groups attached to an aromatic ring is 1. The molecule has 1 aromatic rings. The Hall–Kier alpha value is -1.17. The maximum Gasteiger partial charge on any atom is 0.284 e. The highest BCUT2D eigenvalue weighted by atomic mass is 32.1. The second kappa shape index (κ2) is 5.44. The summed E-state index contributed by atoms with van der Waals surface area (Å²) in [5, 5.41) is 8.27. The van der Waals surface area contributed by atoms with E-state index >= 15 is 0 Å². The molecule has 1 unspecified atom stereocenters. The number of rotatable bonds is 2. The van der Waals surface area contributed by atoms with E-state index in [4.69, 9.17) is 5.73 Å². The van der Waals surface area contributed by atoms with Crippen molar-refractivity contribution in [2.24, 2.45) is 5.92 Å². The van der Waals surface area contributed by atoms with Crippen molar-refractivity contribution in [3.63, 3.8) is 0 Å². The Labute approximate surface area is 105 Å². The van der Waals surface area contributed by atoms with E-state index in [-0.39, 0.29) is 5.91 Å². The van der Waals surface area contributed by atoms with Crippen LogP contribution in [0.3, 0.4) is 0 Å². The van der Waals surface area contributed by atoms with Crippen molar-refractivity contribution in [3.8, 4) is 0 Å². The number of nitrogens with two attached hydrogens (primary N) is 1. The van der Waals surface area contributed by atoms with Crippen molar-refractivity contribution in [1.82, 2.24) is 15.1 Å². The summed E-state index contributed by atoms with van der Waals surface area (Å²) >= 11 is 1.17. The molecule has 2 N–H and O–H groups in total. The minimum Gasteiger partial charge on any atom is -0.374 e. The largest absolute Gasteiger partial charge is 0.374 e. The van der Waals surface area contributed by atoms with Crippen LogP contribution in [0.4, 0.5) is 5.13 Å². The molecule has 1 aromatic heterocycles. The Bertz CT molecular complexity index is 393. The van der Waals surface area contributed by atoms with Gasteiger partial charge in [-0.2, -0.15) is 0 Å². The molecule has 94 valence electrons. The summed E-state index contributed by atoms with van der Waals surface area (Å²) < 4.78 is 0. The molecular formula is C11H18N4OS. The number of aromatic nitrogens is 2. The Kier molecular flexibility index (Phi) is 3.93. The van der Waals surface area contributed by atoms with Gasteiger partial charge in [-0.3, -0.25) is 4.79 Å². The first-order valence-electron chi connectivity index (χ1n) is 6.09. The first kappa shape index (κ1) is 12.3. The zero-order chi connectivity index (χ0) is 12.3. The second-order valence-corrected chi connectivity index (χ2v) is 5.45. The van der Waals surface area contributed by atoms with E-state index in [0.29, 0.717) is 10.1 Å². The number of likely N-dealkylation sites (tertiary alicyclic amines) is 1. The SMILES string of the molecule is CCC1CCCN(C(=O)c2nnc(N)s2)CC1. The Balaban J connectivity index is 2.00. The number of hydrogen-bond acceptors (Lipinski definition) is 5. The zero-order valence-electron chi connectivity index (χ0n) is 10.1. The van der Waals surface area contributed by atoms with Gasteiger partial charge in [0, 0.05) is 13.1 Å². The molecule has 1 saturated heterocycles. The third-order valence-corrected chi connectivity index (χ3v) is 4.08. The van der Waals surface area contributed by atoms with Crippen LogP contribution < -0.4 is 5.73 Å². The molecule has 1 atom stereocenters. The Morgan fingerprint density at radius 2 is 2.29 bits per heavy atom. The number of amides is 1. The molecular weight excluding hydrogens is 236 g/mol. The van der Waals surface area contributed by atoms with Gasteiger partial charge in [-0.15, -0.1) is 10.2 Å². The summed E-state index contributed by atoms with van der Waals surface area (Å²) in [6.07, 6.45) is 4.60. The number of carbonyl (C=O) groups excluding carboxylic acids is 1. The van der Waals surface area contributed by atoms with E-state index in [9.17, 15) is 4.79 Å². The molecule has 0 aromatic carbocycles. The molecule has 0 spiro atoms. The van der Waals surface area contributed by atoms with Gasteiger partial charge in [-0.1, -0.05) is 24.7 Å². The third kappa shape index (κ3) is 2.94. The van der Waals surface area contributed by atoms with Gasteiger partial charge in [0.15, 0.2) is 0 Å². The smallest absolute Gasteiger partial charge is 0.284 e. The van der Waals surface area contributed by atoms with Gasteiger partial charge in [0.25, 0.3) is 5.91 Å². The summed E-state index contributed by atoms with van der Waals surface area (Å²) in [4.78, 5) is 14.0. The van der Waals surface area contributed by atoms with Crippen molar-refractivity contribution >= 4 is 22.4 Å². The lowest BCUT2D eigenvalue weighted by Gasteiger charge is -2.18. The van der Waals surface area contributed by atoms with E-state index in [0.717, 1.165) is 31.8 Å². The van der Waals surface area contributed by atoms with Crippen LogP contribution in [0.15, 0.2) is 0 Å². The predicted molar refractivity (Wildman–Crippen MR) is 67.9 cm³/mol. The molecule has 0 aliphatic carbocycles. The molecule has 1 aliphatic rings. The van der Waals surface area contributed by atoms with Crippen molar-refractivity contribution in [2.75, 3.05) is 18.8 Å². The molecule has 17 heavy (non-hydrogen) atoms. The third-order valence-electron chi connectivity index (χ3n) is 3.34. The first-order valence-corrected chi connectivity index (χ1v) is 6.90. The summed E-state index contributed by atoms with van der Waals surface area (Å²) in [7, 11) is 0. The fourth-order valence-electron chi connectivity index (χ4n) is 2.23. The minimum atomic E-state index is -0.0176. The van der Waals surface area contributed by atoms with Crippen LogP contribution >= 0.6 is 11.3 Å². The molecule has 2 rings (SSSR count). The van der Waals surface area contributed by atoms with Crippen molar-refractivity contribution < 1.29 is 4.79 Å². The molecule has 0 radical (unpaired) electrons. The number of nitrogens with zero attached hydrogens (tertiary/aromatic N) is 3. The highest BCUT2D eigenvalue weighted by Crippen LogP contribution is 2.22.